The summed E-state index contributed by atoms with van der Waals surface area (Å²) >= 11 is 6.52. The predicted molar refractivity (Wildman–Crippen MR) is 121 cm³/mol. The van der Waals surface area contributed by atoms with Gasteiger partial charge in [0, 0.05) is 17.0 Å². The van der Waals surface area contributed by atoms with Crippen LogP contribution < -0.4 is 5.32 Å². The van der Waals surface area contributed by atoms with Gasteiger partial charge in [0.2, 0.25) is 0 Å². The van der Waals surface area contributed by atoms with E-state index < -0.39 is 27.2 Å². The van der Waals surface area contributed by atoms with Crippen LogP contribution in [0.2, 0.25) is 5.02 Å². The summed E-state index contributed by atoms with van der Waals surface area (Å²) in [7, 11) is -3.81. The summed E-state index contributed by atoms with van der Waals surface area (Å²) in [4.78, 5) is 0. The maximum atomic E-state index is 15.8. The Hall–Kier alpha value is -3.05. The molecule has 1 aliphatic rings. The summed E-state index contributed by atoms with van der Waals surface area (Å²) in [6.07, 6.45) is 2.23. The molecule has 0 aliphatic carbocycles. The number of benzene rings is 2. The van der Waals surface area contributed by atoms with Crippen LogP contribution in [0.25, 0.3) is 27.7 Å². The number of fused-ring (bicyclic) bond motifs is 4. The van der Waals surface area contributed by atoms with E-state index in [-0.39, 0.29) is 27.1 Å². The van der Waals surface area contributed by atoms with Gasteiger partial charge in [-0.3, -0.25) is 4.57 Å². The minimum atomic E-state index is -3.81. The molecule has 8 nitrogen and oxygen atoms in total. The second-order valence-electron chi connectivity index (χ2n) is 8.64. The van der Waals surface area contributed by atoms with E-state index in [0.717, 1.165) is 18.4 Å². The average Bonchev–Trinajstić information content (AvgIpc) is 3.30. The van der Waals surface area contributed by atoms with Gasteiger partial charge in [0.15, 0.2) is 11.6 Å². The van der Waals surface area contributed by atoms with Crippen molar-refractivity contribution in [1.82, 2.24) is 24.0 Å². The van der Waals surface area contributed by atoms with Gasteiger partial charge in [0.25, 0.3) is 10.0 Å². The molecule has 1 N–H and O–H groups in total. The number of aromatic nitrogens is 5. The SMILES string of the molecule is Cc1c(-c2cc(F)cc3c2cnn3S(C)(=O)=O)c(F)c(Cl)c2c1-n1c(C)nnc1C(C)(C)N2. The van der Waals surface area contributed by atoms with Crippen LogP contribution in [0.5, 0.6) is 0 Å². The van der Waals surface area contributed by atoms with Gasteiger partial charge >= 0.3 is 0 Å². The molecule has 4 aromatic rings. The number of halogens is 3. The fourth-order valence-electron chi connectivity index (χ4n) is 4.45. The molecule has 2 aromatic carbocycles. The lowest BCUT2D eigenvalue weighted by molar-refractivity contribution is 0.532. The van der Waals surface area contributed by atoms with Crippen molar-refractivity contribution in [2.24, 2.45) is 0 Å². The van der Waals surface area contributed by atoms with Gasteiger partial charge in [-0.1, -0.05) is 11.6 Å². The molecule has 3 heterocycles. The Kier molecular flexibility index (Phi) is 4.44. The normalized spacial score (nSPS) is 14.8. The quantitative estimate of drug-likeness (QED) is 0.448. The number of hydrogen-bond acceptors (Lipinski definition) is 6. The molecular formula is C21H19ClF2N6O2S. The van der Waals surface area contributed by atoms with Crippen molar-refractivity contribution < 1.29 is 17.2 Å². The van der Waals surface area contributed by atoms with Crippen molar-refractivity contribution in [3.8, 4) is 16.8 Å². The highest BCUT2D eigenvalue weighted by Gasteiger charge is 2.38. The zero-order valence-electron chi connectivity index (χ0n) is 18.3. The molecule has 5 rings (SSSR count). The van der Waals surface area contributed by atoms with Crippen LogP contribution in [0.15, 0.2) is 18.3 Å². The smallest absolute Gasteiger partial charge is 0.251 e. The van der Waals surface area contributed by atoms with Gasteiger partial charge in [0.1, 0.15) is 16.7 Å². The molecule has 1 aliphatic heterocycles. The third-order valence-corrected chi connectivity index (χ3v) is 7.12. The predicted octanol–water partition coefficient (Wildman–Crippen LogP) is 4.30. The molecule has 0 radical (unpaired) electrons. The lowest BCUT2D eigenvalue weighted by atomic mass is 9.92. The minimum Gasteiger partial charge on any atom is -0.370 e. The van der Waals surface area contributed by atoms with Gasteiger partial charge < -0.3 is 5.32 Å². The number of rotatable bonds is 2. The molecule has 0 saturated carbocycles. The fourth-order valence-corrected chi connectivity index (χ4v) is 5.41. The van der Waals surface area contributed by atoms with Crippen LogP contribution in [0, 0.1) is 25.5 Å². The molecule has 0 atom stereocenters. The topological polar surface area (TPSA) is 94.7 Å². The second-order valence-corrected chi connectivity index (χ2v) is 10.8. The van der Waals surface area contributed by atoms with Crippen LogP contribution in [-0.2, 0) is 15.6 Å². The molecule has 0 bridgehead atoms. The first-order valence-corrected chi connectivity index (χ1v) is 12.2. The van der Waals surface area contributed by atoms with Crippen LogP contribution >= 0.6 is 11.6 Å². The number of anilines is 1. The summed E-state index contributed by atoms with van der Waals surface area (Å²) in [5.41, 5.74) is 0.866. The maximum Gasteiger partial charge on any atom is 0.251 e. The van der Waals surface area contributed by atoms with Gasteiger partial charge in [0.05, 0.1) is 34.9 Å². The molecule has 0 unspecified atom stereocenters. The molecular weight excluding hydrogens is 474 g/mol. The zero-order valence-corrected chi connectivity index (χ0v) is 19.9. The lowest BCUT2D eigenvalue weighted by Gasteiger charge is -2.36. The largest absolute Gasteiger partial charge is 0.370 e. The Morgan fingerprint density at radius 1 is 1.15 bits per heavy atom. The van der Waals surface area contributed by atoms with E-state index in [4.69, 9.17) is 11.6 Å². The van der Waals surface area contributed by atoms with Crippen molar-refractivity contribution in [2.45, 2.75) is 33.2 Å². The Morgan fingerprint density at radius 3 is 2.52 bits per heavy atom. The first-order chi connectivity index (χ1) is 15.3. The van der Waals surface area contributed by atoms with Crippen LogP contribution in [0.3, 0.4) is 0 Å². The van der Waals surface area contributed by atoms with Crippen molar-refractivity contribution in [2.75, 3.05) is 11.6 Å². The van der Waals surface area contributed by atoms with E-state index in [0.29, 0.717) is 32.7 Å². The highest BCUT2D eigenvalue weighted by atomic mass is 35.5. The van der Waals surface area contributed by atoms with E-state index in [1.54, 1.807) is 18.4 Å². The van der Waals surface area contributed by atoms with E-state index in [1.807, 2.05) is 13.8 Å². The Labute approximate surface area is 193 Å². The van der Waals surface area contributed by atoms with E-state index in [9.17, 15) is 12.8 Å². The molecule has 12 heteroatoms. The molecule has 2 aromatic heterocycles. The number of aryl methyl sites for hydroxylation is 1. The summed E-state index contributed by atoms with van der Waals surface area (Å²) in [5.74, 6) is -0.314. The highest BCUT2D eigenvalue weighted by Crippen LogP contribution is 2.48. The zero-order chi connectivity index (χ0) is 24.0. The monoisotopic (exact) mass is 492 g/mol. The second kappa shape index (κ2) is 6.73. The van der Waals surface area contributed by atoms with E-state index in [2.05, 4.69) is 20.6 Å². The Balaban J connectivity index is 1.91. The van der Waals surface area contributed by atoms with Gasteiger partial charge in [-0.25, -0.2) is 17.2 Å². The summed E-state index contributed by atoms with van der Waals surface area (Å²) in [5, 5.41) is 15.7. The lowest BCUT2D eigenvalue weighted by Crippen LogP contribution is -2.36. The Bertz CT molecular complexity index is 1610. The van der Waals surface area contributed by atoms with Gasteiger partial charge in [-0.2, -0.15) is 9.19 Å². The number of hydrogen-bond donors (Lipinski definition) is 1. The fraction of sp³-hybridized carbons (Fsp3) is 0.286. The number of nitrogens with one attached hydrogen (secondary N) is 1. The summed E-state index contributed by atoms with van der Waals surface area (Å²) in [6, 6.07) is 2.19. The molecule has 0 fully saturated rings. The Morgan fingerprint density at radius 2 is 1.85 bits per heavy atom. The first-order valence-electron chi connectivity index (χ1n) is 9.93. The molecule has 0 spiro atoms. The number of nitrogens with zero attached hydrogens (tertiary/aromatic N) is 5. The molecule has 172 valence electrons. The van der Waals surface area contributed by atoms with Crippen molar-refractivity contribution >= 4 is 38.2 Å². The van der Waals surface area contributed by atoms with Crippen LogP contribution in [0.4, 0.5) is 14.5 Å². The van der Waals surface area contributed by atoms with E-state index >= 15 is 4.39 Å². The van der Waals surface area contributed by atoms with Crippen LogP contribution in [0.1, 0.15) is 31.1 Å². The summed E-state index contributed by atoms with van der Waals surface area (Å²) in [6.45, 7) is 7.22. The third-order valence-electron chi connectivity index (χ3n) is 5.85. The first kappa shape index (κ1) is 21.8. The van der Waals surface area contributed by atoms with Crippen molar-refractivity contribution in [1.29, 1.82) is 0 Å². The van der Waals surface area contributed by atoms with Crippen molar-refractivity contribution in [3.63, 3.8) is 0 Å². The standard InChI is InChI=1S/C21H19ClF2N6O2S/c1-9-15(12-6-11(23)7-14-13(12)8-25-30(14)33(5,31)32)17(24)16(22)18-19(9)29-10(2)27-28-20(29)21(3,4)26-18/h6-8,26H,1-5H3. The maximum absolute atomic E-state index is 15.8. The highest BCUT2D eigenvalue weighted by molar-refractivity contribution is 7.89. The van der Waals surface area contributed by atoms with E-state index in [1.165, 1.54) is 6.20 Å². The third kappa shape index (κ3) is 2.98. The molecule has 0 saturated heterocycles. The van der Waals surface area contributed by atoms with Gasteiger partial charge in [-0.15, -0.1) is 10.2 Å². The average molecular weight is 493 g/mol. The van der Waals surface area contributed by atoms with Gasteiger partial charge in [-0.05, 0) is 44.9 Å². The van der Waals surface area contributed by atoms with Crippen LogP contribution in [-0.4, -0.2) is 38.6 Å². The minimum absolute atomic E-state index is 0.000526. The molecule has 0 amide bonds. The summed E-state index contributed by atoms with van der Waals surface area (Å²) < 4.78 is 57.2. The molecule has 33 heavy (non-hydrogen) atoms. The van der Waals surface area contributed by atoms with Crippen molar-refractivity contribution in [3.05, 3.63) is 52.2 Å².